The second-order valence-corrected chi connectivity index (χ2v) is 8.43. The van der Waals surface area contributed by atoms with E-state index >= 15 is 0 Å². The lowest BCUT2D eigenvalue weighted by Gasteiger charge is -2.36. The minimum Gasteiger partial charge on any atom is -0.496 e. The Hall–Kier alpha value is -2.04. The van der Waals surface area contributed by atoms with Gasteiger partial charge in [0.2, 0.25) is 0 Å². The fraction of sp³-hybridized carbons (Fsp3) is 0.458. The summed E-state index contributed by atoms with van der Waals surface area (Å²) in [6.45, 7) is 5.18. The Morgan fingerprint density at radius 2 is 1.86 bits per heavy atom. The summed E-state index contributed by atoms with van der Waals surface area (Å²) >= 11 is 6.13. The standard InChI is InChI=1S/C24H29ClN2O2/c1-29-24-9-3-7-20-21(23(28)11-10-22(20)24)8-4-12-26-13-15-27(16-14-26)19-6-2-5-18(25)17-19/h2-3,5-7,9,17,21H,4,8,10-16H2,1H3. The molecule has 29 heavy (non-hydrogen) atoms. The predicted molar refractivity (Wildman–Crippen MR) is 118 cm³/mol. The summed E-state index contributed by atoms with van der Waals surface area (Å²) in [7, 11) is 1.71. The molecule has 1 unspecified atom stereocenters. The van der Waals surface area contributed by atoms with Crippen LogP contribution in [-0.2, 0) is 11.2 Å². The van der Waals surface area contributed by atoms with Crippen molar-refractivity contribution in [1.82, 2.24) is 4.90 Å². The molecule has 1 fully saturated rings. The molecule has 5 heteroatoms. The van der Waals surface area contributed by atoms with Gasteiger partial charge in [-0.15, -0.1) is 0 Å². The van der Waals surface area contributed by atoms with Gasteiger partial charge in [-0.05, 0) is 61.2 Å². The van der Waals surface area contributed by atoms with Gasteiger partial charge in [0.1, 0.15) is 11.5 Å². The molecule has 4 nitrogen and oxygen atoms in total. The zero-order valence-electron chi connectivity index (χ0n) is 17.1. The SMILES string of the molecule is COc1cccc2c1CCC(=O)C2CCCN1CCN(c2cccc(Cl)c2)CC1. The van der Waals surface area contributed by atoms with Crippen LogP contribution in [0.3, 0.4) is 0 Å². The number of ketones is 1. The lowest BCUT2D eigenvalue weighted by molar-refractivity contribution is -0.121. The number of ether oxygens (including phenoxy) is 1. The average Bonchev–Trinajstić information content (AvgIpc) is 2.75. The van der Waals surface area contributed by atoms with E-state index in [9.17, 15) is 4.79 Å². The number of piperazine rings is 1. The molecule has 154 valence electrons. The second kappa shape index (κ2) is 9.19. The summed E-state index contributed by atoms with van der Waals surface area (Å²) in [5, 5.41) is 0.791. The Balaban J connectivity index is 1.30. The van der Waals surface area contributed by atoms with Crippen LogP contribution in [0.5, 0.6) is 5.75 Å². The summed E-state index contributed by atoms with van der Waals surface area (Å²) < 4.78 is 5.52. The first-order chi connectivity index (χ1) is 14.2. The van der Waals surface area contributed by atoms with Gasteiger partial charge in [0.05, 0.1) is 7.11 Å². The monoisotopic (exact) mass is 412 g/mol. The van der Waals surface area contributed by atoms with E-state index in [1.807, 2.05) is 30.3 Å². The molecule has 1 aliphatic carbocycles. The number of anilines is 1. The summed E-state index contributed by atoms with van der Waals surface area (Å²) in [4.78, 5) is 17.5. The summed E-state index contributed by atoms with van der Waals surface area (Å²) in [6, 6.07) is 14.2. The Morgan fingerprint density at radius 1 is 1.07 bits per heavy atom. The topological polar surface area (TPSA) is 32.8 Å². The number of carbonyl (C=O) groups is 1. The van der Waals surface area contributed by atoms with Crippen LogP contribution in [0.2, 0.25) is 5.02 Å². The average molecular weight is 413 g/mol. The van der Waals surface area contributed by atoms with Gasteiger partial charge in [0, 0.05) is 49.2 Å². The molecule has 0 saturated carbocycles. The highest BCUT2D eigenvalue weighted by Crippen LogP contribution is 2.37. The molecule has 2 aromatic carbocycles. The van der Waals surface area contributed by atoms with Crippen LogP contribution >= 0.6 is 11.6 Å². The molecule has 1 aliphatic heterocycles. The van der Waals surface area contributed by atoms with E-state index in [0.29, 0.717) is 12.2 Å². The minimum atomic E-state index is 0.0293. The maximum absolute atomic E-state index is 12.6. The predicted octanol–water partition coefficient (Wildman–Crippen LogP) is 4.55. The number of methoxy groups -OCH3 is 1. The number of hydrogen-bond donors (Lipinski definition) is 0. The van der Waals surface area contributed by atoms with Crippen LogP contribution in [0, 0.1) is 0 Å². The van der Waals surface area contributed by atoms with E-state index in [1.165, 1.54) is 16.8 Å². The number of fused-ring (bicyclic) bond motifs is 1. The van der Waals surface area contributed by atoms with E-state index in [4.69, 9.17) is 16.3 Å². The molecular weight excluding hydrogens is 384 g/mol. The van der Waals surface area contributed by atoms with E-state index in [-0.39, 0.29) is 5.92 Å². The molecule has 1 atom stereocenters. The lowest BCUT2D eigenvalue weighted by atomic mass is 9.79. The van der Waals surface area contributed by atoms with Crippen molar-refractivity contribution in [3.8, 4) is 5.75 Å². The number of benzene rings is 2. The third-order valence-corrected chi connectivity index (χ3v) is 6.52. The molecule has 0 radical (unpaired) electrons. The summed E-state index contributed by atoms with van der Waals surface area (Å²) in [5.41, 5.74) is 3.62. The molecule has 2 aromatic rings. The molecule has 0 N–H and O–H groups in total. The third kappa shape index (κ3) is 4.59. The maximum atomic E-state index is 12.6. The van der Waals surface area contributed by atoms with Crippen LogP contribution in [0.4, 0.5) is 5.69 Å². The number of carbonyl (C=O) groups excluding carboxylic acids is 1. The molecule has 1 saturated heterocycles. The first-order valence-electron chi connectivity index (χ1n) is 10.6. The normalized spacial score (nSPS) is 19.9. The zero-order valence-corrected chi connectivity index (χ0v) is 17.8. The van der Waals surface area contributed by atoms with Crippen molar-refractivity contribution in [1.29, 1.82) is 0 Å². The molecule has 4 rings (SSSR count). The van der Waals surface area contributed by atoms with Gasteiger partial charge in [-0.1, -0.05) is 29.8 Å². The largest absolute Gasteiger partial charge is 0.496 e. The van der Waals surface area contributed by atoms with E-state index < -0.39 is 0 Å². The van der Waals surface area contributed by atoms with Crippen molar-refractivity contribution >= 4 is 23.1 Å². The molecular formula is C24H29ClN2O2. The highest BCUT2D eigenvalue weighted by molar-refractivity contribution is 6.30. The van der Waals surface area contributed by atoms with E-state index in [2.05, 4.69) is 21.9 Å². The molecule has 0 amide bonds. The van der Waals surface area contributed by atoms with Crippen molar-refractivity contribution in [2.75, 3.05) is 44.7 Å². The van der Waals surface area contributed by atoms with Gasteiger partial charge in [0.15, 0.2) is 0 Å². The molecule has 0 aromatic heterocycles. The number of rotatable bonds is 6. The zero-order chi connectivity index (χ0) is 20.2. The van der Waals surface area contributed by atoms with Crippen LogP contribution in [0.15, 0.2) is 42.5 Å². The van der Waals surface area contributed by atoms with Gasteiger partial charge in [-0.2, -0.15) is 0 Å². The van der Waals surface area contributed by atoms with Gasteiger partial charge in [-0.25, -0.2) is 0 Å². The first-order valence-corrected chi connectivity index (χ1v) is 10.9. The Bertz CT molecular complexity index is 862. The Labute approximate surface area is 178 Å². The smallest absolute Gasteiger partial charge is 0.140 e. The Morgan fingerprint density at radius 3 is 2.62 bits per heavy atom. The Kier molecular flexibility index (Phi) is 6.41. The van der Waals surface area contributed by atoms with Gasteiger partial charge < -0.3 is 9.64 Å². The van der Waals surface area contributed by atoms with Crippen LogP contribution in [0.1, 0.15) is 36.3 Å². The van der Waals surface area contributed by atoms with E-state index in [1.54, 1.807) is 7.11 Å². The maximum Gasteiger partial charge on any atom is 0.140 e. The molecule has 0 spiro atoms. The number of halogens is 1. The van der Waals surface area contributed by atoms with Gasteiger partial charge in [-0.3, -0.25) is 9.69 Å². The van der Waals surface area contributed by atoms with Crippen molar-refractivity contribution in [2.24, 2.45) is 0 Å². The number of hydrogen-bond acceptors (Lipinski definition) is 4. The highest BCUT2D eigenvalue weighted by Gasteiger charge is 2.29. The first kappa shape index (κ1) is 20.2. The summed E-state index contributed by atoms with van der Waals surface area (Å²) in [6.07, 6.45) is 3.41. The van der Waals surface area contributed by atoms with Crippen molar-refractivity contribution < 1.29 is 9.53 Å². The van der Waals surface area contributed by atoms with Crippen LogP contribution in [0.25, 0.3) is 0 Å². The van der Waals surface area contributed by atoms with E-state index in [0.717, 1.165) is 62.8 Å². The lowest BCUT2D eigenvalue weighted by Crippen LogP contribution is -2.46. The number of Topliss-reactive ketones (excluding diaryl/α,β-unsaturated/α-hetero) is 1. The fourth-order valence-electron chi connectivity index (χ4n) is 4.70. The highest BCUT2D eigenvalue weighted by atomic mass is 35.5. The van der Waals surface area contributed by atoms with Crippen LogP contribution < -0.4 is 9.64 Å². The number of nitrogens with zero attached hydrogens (tertiary/aromatic N) is 2. The van der Waals surface area contributed by atoms with Crippen LogP contribution in [-0.4, -0.2) is 50.5 Å². The summed E-state index contributed by atoms with van der Waals surface area (Å²) in [5.74, 6) is 1.34. The second-order valence-electron chi connectivity index (χ2n) is 8.00. The fourth-order valence-corrected chi connectivity index (χ4v) is 4.89. The quantitative estimate of drug-likeness (QED) is 0.696. The van der Waals surface area contributed by atoms with Crippen molar-refractivity contribution in [2.45, 2.75) is 31.6 Å². The van der Waals surface area contributed by atoms with Gasteiger partial charge >= 0.3 is 0 Å². The molecule has 0 bridgehead atoms. The third-order valence-electron chi connectivity index (χ3n) is 6.29. The van der Waals surface area contributed by atoms with Gasteiger partial charge in [0.25, 0.3) is 0 Å². The van der Waals surface area contributed by atoms with Crippen molar-refractivity contribution in [3.63, 3.8) is 0 Å². The van der Waals surface area contributed by atoms with Crippen molar-refractivity contribution in [3.05, 3.63) is 58.6 Å². The molecule has 2 aliphatic rings. The minimum absolute atomic E-state index is 0.0293. The molecule has 1 heterocycles.